The number of nitrogens with one attached hydrogen (secondary N) is 1. The van der Waals surface area contributed by atoms with Gasteiger partial charge in [0.05, 0.1) is 18.2 Å². The highest BCUT2D eigenvalue weighted by Crippen LogP contribution is 2.17. The first-order chi connectivity index (χ1) is 12.6. The molecule has 1 heterocycles. The Balaban J connectivity index is 1.83. The lowest BCUT2D eigenvalue weighted by Crippen LogP contribution is -2.45. The number of hydrogen-bond acceptors (Lipinski definition) is 4. The van der Waals surface area contributed by atoms with Crippen LogP contribution in [0.25, 0.3) is 10.9 Å². The van der Waals surface area contributed by atoms with Crippen molar-refractivity contribution in [2.24, 2.45) is 5.73 Å². The van der Waals surface area contributed by atoms with Crippen LogP contribution in [-0.2, 0) is 11.2 Å². The Kier molecular flexibility index (Phi) is 5.12. The van der Waals surface area contributed by atoms with Gasteiger partial charge in [0.25, 0.3) is 5.91 Å². The summed E-state index contributed by atoms with van der Waals surface area (Å²) in [4.78, 5) is 28.8. The van der Waals surface area contributed by atoms with Gasteiger partial charge in [0.2, 0.25) is 5.91 Å². The number of para-hydroxylation sites is 1. The largest absolute Gasteiger partial charge is 0.497 e. The molecule has 0 fully saturated rings. The monoisotopic (exact) mass is 349 g/mol. The van der Waals surface area contributed by atoms with E-state index in [9.17, 15) is 9.59 Å². The number of hydrogen-bond donors (Lipinski definition) is 2. The second kappa shape index (κ2) is 7.65. The van der Waals surface area contributed by atoms with E-state index in [4.69, 9.17) is 10.5 Å². The lowest BCUT2D eigenvalue weighted by atomic mass is 10.0. The quantitative estimate of drug-likeness (QED) is 0.712. The maximum Gasteiger partial charge on any atom is 0.252 e. The van der Waals surface area contributed by atoms with Crippen molar-refractivity contribution in [2.75, 3.05) is 7.11 Å². The van der Waals surface area contributed by atoms with Gasteiger partial charge in [-0.1, -0.05) is 30.3 Å². The van der Waals surface area contributed by atoms with Gasteiger partial charge in [-0.15, -0.1) is 0 Å². The first-order valence-corrected chi connectivity index (χ1v) is 8.15. The van der Waals surface area contributed by atoms with Gasteiger partial charge in [0, 0.05) is 18.0 Å². The molecule has 0 radical (unpaired) electrons. The highest BCUT2D eigenvalue weighted by molar-refractivity contribution is 6.07. The molecule has 2 aromatic carbocycles. The van der Waals surface area contributed by atoms with Crippen molar-refractivity contribution >= 4 is 22.7 Å². The summed E-state index contributed by atoms with van der Waals surface area (Å²) in [5.41, 5.74) is 7.50. The number of nitrogens with two attached hydrogens (primary N) is 1. The van der Waals surface area contributed by atoms with Crippen molar-refractivity contribution in [3.8, 4) is 5.75 Å². The van der Waals surface area contributed by atoms with Crippen molar-refractivity contribution in [2.45, 2.75) is 12.5 Å². The highest BCUT2D eigenvalue weighted by Gasteiger charge is 2.21. The molecule has 0 aliphatic rings. The summed E-state index contributed by atoms with van der Waals surface area (Å²) < 4.78 is 5.19. The molecule has 6 heteroatoms. The van der Waals surface area contributed by atoms with E-state index in [2.05, 4.69) is 10.3 Å². The molecule has 6 nitrogen and oxygen atoms in total. The molecule has 0 spiro atoms. The molecular weight excluding hydrogens is 330 g/mol. The minimum atomic E-state index is -0.832. The third-order valence-electron chi connectivity index (χ3n) is 4.12. The number of carbonyl (C=O) groups excluding carboxylic acids is 2. The van der Waals surface area contributed by atoms with Crippen LogP contribution in [0.15, 0.2) is 60.8 Å². The van der Waals surface area contributed by atoms with Crippen LogP contribution >= 0.6 is 0 Å². The fraction of sp³-hybridized carbons (Fsp3) is 0.150. The average molecular weight is 349 g/mol. The molecule has 3 rings (SSSR count). The zero-order valence-electron chi connectivity index (χ0n) is 14.3. The number of aromatic nitrogens is 1. The van der Waals surface area contributed by atoms with E-state index in [1.807, 2.05) is 48.5 Å². The molecule has 1 aromatic heterocycles. The Morgan fingerprint density at radius 3 is 2.73 bits per heavy atom. The number of amides is 2. The number of benzene rings is 2. The topological polar surface area (TPSA) is 94.3 Å². The van der Waals surface area contributed by atoms with Gasteiger partial charge in [-0.3, -0.25) is 14.6 Å². The smallest absolute Gasteiger partial charge is 0.252 e. The van der Waals surface area contributed by atoms with E-state index < -0.39 is 11.9 Å². The lowest BCUT2D eigenvalue weighted by Gasteiger charge is -2.16. The van der Waals surface area contributed by atoms with Gasteiger partial charge >= 0.3 is 0 Å². The third-order valence-corrected chi connectivity index (χ3v) is 4.12. The normalized spacial score (nSPS) is 11.7. The second-order valence-corrected chi connectivity index (χ2v) is 5.86. The molecule has 26 heavy (non-hydrogen) atoms. The first-order valence-electron chi connectivity index (χ1n) is 8.15. The van der Waals surface area contributed by atoms with Crippen LogP contribution in [-0.4, -0.2) is 29.9 Å². The van der Waals surface area contributed by atoms with E-state index in [0.29, 0.717) is 16.8 Å². The van der Waals surface area contributed by atoms with Gasteiger partial charge in [0.1, 0.15) is 11.8 Å². The van der Waals surface area contributed by atoms with Crippen molar-refractivity contribution in [3.63, 3.8) is 0 Å². The van der Waals surface area contributed by atoms with Crippen LogP contribution in [0, 0.1) is 0 Å². The van der Waals surface area contributed by atoms with Crippen molar-refractivity contribution in [1.29, 1.82) is 0 Å². The molecule has 0 aliphatic carbocycles. The standard InChI is InChI=1S/C20H19N3O3/c1-26-14-6-4-5-13(11-14)12-18(19(21)24)23-20(25)16-9-10-22-17-8-3-2-7-15(16)17/h2-11,18H,12H2,1H3,(H2,21,24)(H,23,25)/t18-/m0/s1. The van der Waals surface area contributed by atoms with Crippen molar-refractivity contribution in [3.05, 3.63) is 71.9 Å². The molecule has 1 atom stereocenters. The Morgan fingerprint density at radius 1 is 1.15 bits per heavy atom. The van der Waals surface area contributed by atoms with Gasteiger partial charge in [-0.2, -0.15) is 0 Å². The maximum atomic E-state index is 12.7. The minimum absolute atomic E-state index is 0.279. The Bertz CT molecular complexity index is 950. The molecule has 0 saturated heterocycles. The van der Waals surface area contributed by atoms with Gasteiger partial charge in [-0.05, 0) is 29.8 Å². The molecular formula is C20H19N3O3. The van der Waals surface area contributed by atoms with E-state index in [0.717, 1.165) is 10.9 Å². The Morgan fingerprint density at radius 2 is 1.96 bits per heavy atom. The van der Waals surface area contributed by atoms with Gasteiger partial charge in [0.15, 0.2) is 0 Å². The van der Waals surface area contributed by atoms with E-state index in [1.54, 1.807) is 19.4 Å². The molecule has 0 bridgehead atoms. The summed E-state index contributed by atoms with van der Waals surface area (Å²) in [6.07, 6.45) is 1.85. The number of pyridine rings is 1. The number of primary amides is 1. The molecule has 132 valence electrons. The molecule has 3 aromatic rings. The average Bonchev–Trinajstić information content (AvgIpc) is 2.67. The zero-order chi connectivity index (χ0) is 18.5. The lowest BCUT2D eigenvalue weighted by molar-refractivity contribution is -0.119. The van der Waals surface area contributed by atoms with Gasteiger partial charge in [-0.25, -0.2) is 0 Å². The van der Waals surface area contributed by atoms with E-state index in [-0.39, 0.29) is 12.3 Å². The van der Waals surface area contributed by atoms with Crippen LogP contribution in [0.5, 0.6) is 5.75 Å². The summed E-state index contributed by atoms with van der Waals surface area (Å²) >= 11 is 0. The van der Waals surface area contributed by atoms with E-state index >= 15 is 0 Å². The van der Waals surface area contributed by atoms with Crippen molar-refractivity contribution < 1.29 is 14.3 Å². The summed E-state index contributed by atoms with van der Waals surface area (Å²) in [6, 6.07) is 15.4. The predicted molar refractivity (Wildman–Crippen MR) is 98.9 cm³/mol. The zero-order valence-corrected chi connectivity index (χ0v) is 14.3. The molecule has 3 N–H and O–H groups in total. The first kappa shape index (κ1) is 17.4. The van der Waals surface area contributed by atoms with Gasteiger partial charge < -0.3 is 15.8 Å². The SMILES string of the molecule is COc1cccc(C[C@H](NC(=O)c2ccnc3ccccc23)C(N)=O)c1. The second-order valence-electron chi connectivity index (χ2n) is 5.86. The van der Waals surface area contributed by atoms with E-state index in [1.165, 1.54) is 0 Å². The number of nitrogens with zero attached hydrogens (tertiary/aromatic N) is 1. The molecule has 2 amide bonds. The number of methoxy groups -OCH3 is 1. The fourth-order valence-corrected chi connectivity index (χ4v) is 2.79. The molecule has 0 saturated carbocycles. The van der Waals surface area contributed by atoms with Crippen LogP contribution in [0.2, 0.25) is 0 Å². The summed E-state index contributed by atoms with van der Waals surface area (Å²) in [5, 5.41) is 3.45. The predicted octanol–water partition coefficient (Wildman–Crippen LogP) is 2.07. The highest BCUT2D eigenvalue weighted by atomic mass is 16.5. The summed E-state index contributed by atoms with van der Waals surface area (Å²) in [7, 11) is 1.57. The van der Waals surface area contributed by atoms with Crippen LogP contribution in [0.3, 0.4) is 0 Å². The number of rotatable bonds is 6. The van der Waals surface area contributed by atoms with Crippen LogP contribution < -0.4 is 15.8 Å². The molecule has 0 unspecified atom stereocenters. The number of fused-ring (bicyclic) bond motifs is 1. The maximum absolute atomic E-state index is 12.7. The van der Waals surface area contributed by atoms with Crippen LogP contribution in [0.1, 0.15) is 15.9 Å². The fourth-order valence-electron chi connectivity index (χ4n) is 2.79. The van der Waals surface area contributed by atoms with Crippen molar-refractivity contribution in [1.82, 2.24) is 10.3 Å². The number of carbonyl (C=O) groups is 2. The third kappa shape index (κ3) is 3.80. The number of ether oxygens (including phenoxy) is 1. The minimum Gasteiger partial charge on any atom is -0.497 e. The molecule has 0 aliphatic heterocycles. The summed E-state index contributed by atoms with van der Waals surface area (Å²) in [6.45, 7) is 0. The Labute approximate surface area is 151 Å². The van der Waals surface area contributed by atoms with Crippen LogP contribution in [0.4, 0.5) is 0 Å². The summed E-state index contributed by atoms with van der Waals surface area (Å²) in [5.74, 6) is -0.285. The Hall–Kier alpha value is -3.41.